The molecule has 0 radical (unpaired) electrons. The predicted octanol–water partition coefficient (Wildman–Crippen LogP) is 2.24. The van der Waals surface area contributed by atoms with Crippen LogP contribution in [0.4, 0.5) is 13.6 Å². The molecule has 2 aliphatic heterocycles. The van der Waals surface area contributed by atoms with Gasteiger partial charge in [-0.3, -0.25) is 10.1 Å². The van der Waals surface area contributed by atoms with Crippen molar-refractivity contribution in [2.75, 3.05) is 6.54 Å². The topological polar surface area (TPSA) is 107 Å². The van der Waals surface area contributed by atoms with Crippen LogP contribution in [0.3, 0.4) is 0 Å². The van der Waals surface area contributed by atoms with Crippen molar-refractivity contribution in [3.05, 3.63) is 53.5 Å². The minimum Gasteiger partial charge on any atom is -0.395 e. The molecule has 4 heterocycles. The number of hydrogen-bond donors (Lipinski definition) is 2. The summed E-state index contributed by atoms with van der Waals surface area (Å²) in [6.07, 6.45) is 0.456. The Morgan fingerprint density at radius 1 is 1.13 bits per heavy atom. The molecule has 0 spiro atoms. The summed E-state index contributed by atoms with van der Waals surface area (Å²) in [5.41, 5.74) is 2.96. The van der Waals surface area contributed by atoms with E-state index in [-0.39, 0.29) is 29.9 Å². The molecule has 1 unspecified atom stereocenters. The summed E-state index contributed by atoms with van der Waals surface area (Å²) in [7, 11) is 0. The fraction of sp³-hybridized carbons (Fsp3) is 0.300. The number of nitrogens with one attached hydrogen (secondary N) is 2. The van der Waals surface area contributed by atoms with Crippen molar-refractivity contribution in [3.63, 3.8) is 0 Å². The summed E-state index contributed by atoms with van der Waals surface area (Å²) in [4.78, 5) is 28.1. The monoisotopic (exact) mass is 427 g/mol. The van der Waals surface area contributed by atoms with Crippen LogP contribution < -0.4 is 20.1 Å². The largest absolute Gasteiger partial charge is 0.586 e. The SMILES string of the molecule is O=C1NCC(c2cc([C@H]3C[C@@H]3c3ccc4c(c3)OC(F)(F)O4)c3nccn3n2)C(=O)N1. The van der Waals surface area contributed by atoms with E-state index in [1.165, 1.54) is 6.07 Å². The number of halogens is 2. The number of imidazole rings is 1. The van der Waals surface area contributed by atoms with Crippen molar-refractivity contribution < 1.29 is 27.8 Å². The van der Waals surface area contributed by atoms with E-state index in [4.69, 9.17) is 0 Å². The molecule has 1 aliphatic carbocycles. The summed E-state index contributed by atoms with van der Waals surface area (Å²) in [5.74, 6) is -0.839. The number of carbonyl (C=O) groups excluding carboxylic acids is 2. The lowest BCUT2D eigenvalue weighted by Gasteiger charge is -2.22. The van der Waals surface area contributed by atoms with Gasteiger partial charge in [-0.25, -0.2) is 14.3 Å². The first-order valence-corrected chi connectivity index (χ1v) is 9.70. The number of ether oxygens (including phenoxy) is 2. The molecule has 1 saturated carbocycles. The molecule has 3 amide bonds. The van der Waals surface area contributed by atoms with Gasteiger partial charge in [-0.15, -0.1) is 8.78 Å². The van der Waals surface area contributed by atoms with Crippen molar-refractivity contribution >= 4 is 17.6 Å². The van der Waals surface area contributed by atoms with Crippen LogP contribution in [-0.4, -0.2) is 39.4 Å². The lowest BCUT2D eigenvalue weighted by atomic mass is 9.99. The molecule has 9 nitrogen and oxygen atoms in total. The van der Waals surface area contributed by atoms with Gasteiger partial charge in [0.1, 0.15) is 0 Å². The van der Waals surface area contributed by atoms with Crippen molar-refractivity contribution in [3.8, 4) is 11.5 Å². The highest BCUT2D eigenvalue weighted by atomic mass is 19.3. The lowest BCUT2D eigenvalue weighted by molar-refractivity contribution is -0.286. The third-order valence-corrected chi connectivity index (χ3v) is 5.83. The highest BCUT2D eigenvalue weighted by Gasteiger charge is 2.46. The summed E-state index contributed by atoms with van der Waals surface area (Å²) in [6.45, 7) is 0.155. The molecule has 31 heavy (non-hydrogen) atoms. The van der Waals surface area contributed by atoms with Crippen molar-refractivity contribution in [1.82, 2.24) is 25.2 Å². The molecule has 11 heteroatoms. The number of nitrogens with zero attached hydrogens (tertiary/aromatic N) is 3. The summed E-state index contributed by atoms with van der Waals surface area (Å²) in [5, 5.41) is 9.36. The van der Waals surface area contributed by atoms with E-state index in [1.807, 2.05) is 6.07 Å². The quantitative estimate of drug-likeness (QED) is 0.664. The second-order valence-corrected chi connectivity index (χ2v) is 7.79. The van der Waals surface area contributed by atoms with Crippen LogP contribution in [0.1, 0.15) is 41.0 Å². The van der Waals surface area contributed by atoms with Gasteiger partial charge in [0.15, 0.2) is 17.1 Å². The molecule has 0 bridgehead atoms. The van der Waals surface area contributed by atoms with Gasteiger partial charge in [0.05, 0.1) is 11.6 Å². The van der Waals surface area contributed by atoms with Gasteiger partial charge in [0.2, 0.25) is 5.91 Å². The number of aromatic nitrogens is 3. The number of rotatable bonds is 3. The molecule has 3 aliphatic rings. The van der Waals surface area contributed by atoms with Crippen LogP contribution in [0.2, 0.25) is 0 Å². The fourth-order valence-electron chi connectivity index (χ4n) is 4.28. The molecule has 6 rings (SSSR count). The van der Waals surface area contributed by atoms with Crippen LogP contribution in [0.15, 0.2) is 36.7 Å². The van der Waals surface area contributed by atoms with Gasteiger partial charge in [0.25, 0.3) is 0 Å². The Bertz CT molecular complexity index is 1260. The van der Waals surface area contributed by atoms with Crippen LogP contribution in [0, 0.1) is 0 Å². The van der Waals surface area contributed by atoms with Gasteiger partial charge in [-0.1, -0.05) is 6.07 Å². The lowest BCUT2D eigenvalue weighted by Crippen LogP contribution is -2.51. The maximum atomic E-state index is 13.3. The molecule has 158 valence electrons. The van der Waals surface area contributed by atoms with Crippen LogP contribution >= 0.6 is 0 Å². The predicted molar refractivity (Wildman–Crippen MR) is 100 cm³/mol. The number of amides is 3. The van der Waals surface area contributed by atoms with Gasteiger partial charge in [-0.2, -0.15) is 5.10 Å². The Morgan fingerprint density at radius 3 is 2.81 bits per heavy atom. The second kappa shape index (κ2) is 6.13. The molecule has 3 aromatic rings. The van der Waals surface area contributed by atoms with Crippen LogP contribution in [0.25, 0.3) is 5.65 Å². The van der Waals surface area contributed by atoms with Crippen molar-refractivity contribution in [2.24, 2.45) is 0 Å². The van der Waals surface area contributed by atoms with E-state index in [9.17, 15) is 18.4 Å². The Labute approximate surface area is 173 Å². The Hall–Kier alpha value is -3.76. The van der Waals surface area contributed by atoms with E-state index in [0.29, 0.717) is 11.3 Å². The normalized spacial score (nSPS) is 25.9. The summed E-state index contributed by atoms with van der Waals surface area (Å²) < 4.78 is 37.3. The zero-order chi connectivity index (χ0) is 21.3. The molecule has 3 atom stereocenters. The fourth-order valence-corrected chi connectivity index (χ4v) is 4.28. The molecule has 2 fully saturated rings. The average Bonchev–Trinajstić information content (AvgIpc) is 3.24. The molecule has 1 saturated heterocycles. The maximum absolute atomic E-state index is 13.3. The number of hydrogen-bond acceptors (Lipinski definition) is 6. The minimum atomic E-state index is -3.65. The van der Waals surface area contributed by atoms with E-state index < -0.39 is 24.2 Å². The van der Waals surface area contributed by atoms with Gasteiger partial charge < -0.3 is 14.8 Å². The molecule has 2 aromatic heterocycles. The maximum Gasteiger partial charge on any atom is 0.586 e. The zero-order valence-corrected chi connectivity index (χ0v) is 15.8. The molecular formula is C20H15F2N5O4. The summed E-state index contributed by atoms with van der Waals surface area (Å²) in [6, 6.07) is 6.13. The molecule has 2 N–H and O–H groups in total. The first-order valence-electron chi connectivity index (χ1n) is 9.70. The van der Waals surface area contributed by atoms with Gasteiger partial charge in [-0.05, 0) is 42.0 Å². The number of alkyl halides is 2. The van der Waals surface area contributed by atoms with E-state index in [0.717, 1.165) is 17.5 Å². The Balaban J connectivity index is 1.33. The standard InChI is InChI=1S/C20H15F2N5O4/c21-20(22)30-15-2-1-9(5-16(15)31-20)10-6-11(10)12-7-14(26-27-4-3-23-17(12)27)13-8-24-19(29)25-18(13)28/h1-5,7,10-11,13H,6,8H2,(H2,24,25,28,29)/t10-,11+,13?/m1/s1. The highest BCUT2D eigenvalue weighted by Crippen LogP contribution is 2.57. The number of urea groups is 1. The number of fused-ring (bicyclic) bond motifs is 2. The number of carbonyl (C=O) groups is 2. The van der Waals surface area contributed by atoms with Gasteiger partial charge in [0, 0.05) is 24.5 Å². The van der Waals surface area contributed by atoms with Crippen LogP contribution in [-0.2, 0) is 4.79 Å². The number of imide groups is 1. The van der Waals surface area contributed by atoms with E-state index in [2.05, 4.69) is 30.2 Å². The molecular weight excluding hydrogens is 412 g/mol. The smallest absolute Gasteiger partial charge is 0.395 e. The van der Waals surface area contributed by atoms with Crippen LogP contribution in [0.5, 0.6) is 11.5 Å². The zero-order valence-electron chi connectivity index (χ0n) is 15.8. The average molecular weight is 427 g/mol. The minimum absolute atomic E-state index is 0.0122. The summed E-state index contributed by atoms with van der Waals surface area (Å²) >= 11 is 0. The van der Waals surface area contributed by atoms with E-state index in [1.54, 1.807) is 29.0 Å². The van der Waals surface area contributed by atoms with E-state index >= 15 is 0 Å². The third kappa shape index (κ3) is 2.95. The Kier molecular flexibility index (Phi) is 3.57. The second-order valence-electron chi connectivity index (χ2n) is 7.79. The van der Waals surface area contributed by atoms with Gasteiger partial charge >= 0.3 is 12.3 Å². The first kappa shape index (κ1) is 18.0. The first-order chi connectivity index (χ1) is 14.9. The highest BCUT2D eigenvalue weighted by molar-refractivity contribution is 6.00. The number of benzene rings is 1. The Morgan fingerprint density at radius 2 is 1.97 bits per heavy atom. The third-order valence-electron chi connectivity index (χ3n) is 5.83. The van der Waals surface area contributed by atoms with Crippen molar-refractivity contribution in [1.29, 1.82) is 0 Å². The molecule has 1 aromatic carbocycles. The van der Waals surface area contributed by atoms with Crippen molar-refractivity contribution in [2.45, 2.75) is 30.5 Å².